The van der Waals surface area contributed by atoms with E-state index in [2.05, 4.69) is 0 Å². The lowest BCUT2D eigenvalue weighted by atomic mass is 10.2. The Balaban J connectivity index is 2.24. The monoisotopic (exact) mass is 275 g/mol. The van der Waals surface area contributed by atoms with E-state index in [4.69, 9.17) is 15.2 Å². The first kappa shape index (κ1) is 14.2. The Bertz CT molecular complexity index is 599. The highest BCUT2D eigenvalue weighted by Gasteiger charge is 2.08. The van der Waals surface area contributed by atoms with Crippen LogP contribution in [0.5, 0.6) is 17.2 Å². The summed E-state index contributed by atoms with van der Waals surface area (Å²) >= 11 is 0. The van der Waals surface area contributed by atoms with Crippen LogP contribution >= 0.6 is 0 Å². The van der Waals surface area contributed by atoms with Crippen molar-refractivity contribution in [2.45, 2.75) is 20.3 Å². The van der Waals surface area contributed by atoms with Gasteiger partial charge in [-0.25, -0.2) is 4.39 Å². The molecule has 4 heteroatoms. The van der Waals surface area contributed by atoms with Gasteiger partial charge in [0.25, 0.3) is 0 Å². The fourth-order valence-corrected chi connectivity index (χ4v) is 1.78. The van der Waals surface area contributed by atoms with Crippen LogP contribution in [0, 0.1) is 12.7 Å². The van der Waals surface area contributed by atoms with Gasteiger partial charge in [0.1, 0.15) is 11.5 Å². The molecule has 0 saturated heterocycles. The molecule has 0 heterocycles. The molecule has 2 aromatic carbocycles. The normalized spacial score (nSPS) is 10.3. The molecule has 0 amide bonds. The number of benzene rings is 2. The van der Waals surface area contributed by atoms with Crippen LogP contribution in [-0.4, -0.2) is 6.61 Å². The fourth-order valence-electron chi connectivity index (χ4n) is 1.78. The lowest BCUT2D eigenvalue weighted by Gasteiger charge is -2.11. The zero-order valence-electron chi connectivity index (χ0n) is 11.7. The number of hydrogen-bond donors (Lipinski definition) is 1. The van der Waals surface area contributed by atoms with Crippen molar-refractivity contribution < 1.29 is 13.9 Å². The molecular weight excluding hydrogens is 257 g/mol. The number of hydrogen-bond acceptors (Lipinski definition) is 3. The second kappa shape index (κ2) is 6.28. The number of nitrogen functional groups attached to an aromatic ring is 1. The SMILES string of the molecule is CCCOc1cc(N)cc(Oc2cccc(C)c2F)c1. The van der Waals surface area contributed by atoms with E-state index in [0.717, 1.165) is 6.42 Å². The van der Waals surface area contributed by atoms with Gasteiger partial charge in [0, 0.05) is 23.9 Å². The largest absolute Gasteiger partial charge is 0.493 e. The number of aryl methyl sites for hydroxylation is 1. The van der Waals surface area contributed by atoms with E-state index < -0.39 is 0 Å². The van der Waals surface area contributed by atoms with E-state index >= 15 is 0 Å². The molecule has 3 nitrogen and oxygen atoms in total. The third kappa shape index (κ3) is 3.41. The maximum Gasteiger partial charge on any atom is 0.168 e. The third-order valence-corrected chi connectivity index (χ3v) is 2.76. The van der Waals surface area contributed by atoms with Crippen molar-refractivity contribution in [2.24, 2.45) is 0 Å². The van der Waals surface area contributed by atoms with E-state index in [1.165, 1.54) is 0 Å². The van der Waals surface area contributed by atoms with Gasteiger partial charge in [-0.1, -0.05) is 19.1 Å². The molecule has 2 rings (SSSR count). The third-order valence-electron chi connectivity index (χ3n) is 2.76. The molecule has 0 aliphatic heterocycles. The van der Waals surface area contributed by atoms with Gasteiger partial charge in [-0.3, -0.25) is 0 Å². The highest BCUT2D eigenvalue weighted by atomic mass is 19.1. The predicted molar refractivity (Wildman–Crippen MR) is 77.9 cm³/mol. The molecule has 0 radical (unpaired) electrons. The maximum atomic E-state index is 13.9. The zero-order valence-corrected chi connectivity index (χ0v) is 11.7. The van der Waals surface area contributed by atoms with Crippen LogP contribution in [-0.2, 0) is 0 Å². The van der Waals surface area contributed by atoms with E-state index in [1.54, 1.807) is 43.3 Å². The van der Waals surface area contributed by atoms with Crippen LogP contribution in [0.1, 0.15) is 18.9 Å². The second-order valence-corrected chi connectivity index (χ2v) is 4.58. The highest BCUT2D eigenvalue weighted by Crippen LogP contribution is 2.30. The van der Waals surface area contributed by atoms with Gasteiger partial charge < -0.3 is 15.2 Å². The molecule has 0 bridgehead atoms. The van der Waals surface area contributed by atoms with Crippen molar-refractivity contribution >= 4 is 5.69 Å². The van der Waals surface area contributed by atoms with Gasteiger partial charge in [-0.15, -0.1) is 0 Å². The lowest BCUT2D eigenvalue weighted by Crippen LogP contribution is -1.97. The molecule has 0 aliphatic rings. The van der Waals surface area contributed by atoms with Crippen molar-refractivity contribution in [2.75, 3.05) is 12.3 Å². The highest BCUT2D eigenvalue weighted by molar-refractivity contribution is 5.51. The number of nitrogens with two attached hydrogens (primary N) is 1. The first-order valence-electron chi connectivity index (χ1n) is 6.56. The summed E-state index contributed by atoms with van der Waals surface area (Å²) in [7, 11) is 0. The Kier molecular flexibility index (Phi) is 4.45. The predicted octanol–water partition coefficient (Wildman–Crippen LogP) is 4.30. The van der Waals surface area contributed by atoms with Crippen molar-refractivity contribution in [1.82, 2.24) is 0 Å². The van der Waals surface area contributed by atoms with Gasteiger partial charge in [-0.05, 0) is 25.0 Å². The summed E-state index contributed by atoms with van der Waals surface area (Å²) in [4.78, 5) is 0. The Labute approximate surface area is 118 Å². The van der Waals surface area contributed by atoms with E-state index in [9.17, 15) is 4.39 Å². The molecule has 0 spiro atoms. The maximum absolute atomic E-state index is 13.9. The average molecular weight is 275 g/mol. The summed E-state index contributed by atoms with van der Waals surface area (Å²) in [5.41, 5.74) is 6.85. The fraction of sp³-hybridized carbons (Fsp3) is 0.250. The van der Waals surface area contributed by atoms with Crippen LogP contribution in [0.4, 0.5) is 10.1 Å². The van der Waals surface area contributed by atoms with E-state index in [-0.39, 0.29) is 11.6 Å². The molecule has 0 saturated carbocycles. The summed E-state index contributed by atoms with van der Waals surface area (Å²) in [5, 5.41) is 0. The van der Waals surface area contributed by atoms with Crippen LogP contribution in [0.3, 0.4) is 0 Å². The first-order valence-corrected chi connectivity index (χ1v) is 6.56. The molecule has 2 N–H and O–H groups in total. The Morgan fingerprint density at radius 3 is 2.65 bits per heavy atom. The first-order chi connectivity index (χ1) is 9.60. The minimum absolute atomic E-state index is 0.178. The summed E-state index contributed by atoms with van der Waals surface area (Å²) in [6.45, 7) is 4.31. The Hall–Kier alpha value is -2.23. The number of rotatable bonds is 5. The van der Waals surface area contributed by atoms with Crippen LogP contribution < -0.4 is 15.2 Å². The number of halogens is 1. The molecule has 0 fully saturated rings. The molecule has 0 atom stereocenters. The molecule has 20 heavy (non-hydrogen) atoms. The molecule has 2 aromatic rings. The minimum Gasteiger partial charge on any atom is -0.493 e. The molecule has 0 aliphatic carbocycles. The Morgan fingerprint density at radius 1 is 1.15 bits per heavy atom. The summed E-state index contributed by atoms with van der Waals surface area (Å²) in [6, 6.07) is 10.1. The van der Waals surface area contributed by atoms with E-state index in [0.29, 0.717) is 29.4 Å². The summed E-state index contributed by atoms with van der Waals surface area (Å²) in [5.74, 6) is 0.888. The van der Waals surface area contributed by atoms with Crippen molar-refractivity contribution in [1.29, 1.82) is 0 Å². The lowest BCUT2D eigenvalue weighted by molar-refractivity contribution is 0.316. The van der Waals surface area contributed by atoms with Gasteiger partial charge in [-0.2, -0.15) is 0 Å². The molecular formula is C16H18FNO2. The zero-order chi connectivity index (χ0) is 14.5. The van der Waals surface area contributed by atoms with Crippen molar-refractivity contribution in [3.63, 3.8) is 0 Å². The van der Waals surface area contributed by atoms with Crippen molar-refractivity contribution in [3.05, 3.63) is 47.8 Å². The minimum atomic E-state index is -0.369. The van der Waals surface area contributed by atoms with Crippen LogP contribution in [0.15, 0.2) is 36.4 Å². The van der Waals surface area contributed by atoms with E-state index in [1.807, 2.05) is 6.92 Å². The summed E-state index contributed by atoms with van der Waals surface area (Å²) in [6.07, 6.45) is 0.900. The number of ether oxygens (including phenoxy) is 2. The van der Waals surface area contributed by atoms with Gasteiger partial charge in [0.05, 0.1) is 6.61 Å². The van der Waals surface area contributed by atoms with Gasteiger partial charge in [0.2, 0.25) is 0 Å². The summed E-state index contributed by atoms with van der Waals surface area (Å²) < 4.78 is 25.0. The molecule has 0 unspecified atom stereocenters. The van der Waals surface area contributed by atoms with Gasteiger partial charge in [0.15, 0.2) is 11.6 Å². The van der Waals surface area contributed by atoms with Crippen molar-refractivity contribution in [3.8, 4) is 17.2 Å². The quantitative estimate of drug-likeness (QED) is 0.827. The van der Waals surface area contributed by atoms with Crippen LogP contribution in [0.2, 0.25) is 0 Å². The number of anilines is 1. The van der Waals surface area contributed by atoms with Gasteiger partial charge >= 0.3 is 0 Å². The Morgan fingerprint density at radius 2 is 1.90 bits per heavy atom. The molecule has 106 valence electrons. The second-order valence-electron chi connectivity index (χ2n) is 4.58. The average Bonchev–Trinajstić information content (AvgIpc) is 2.41. The standard InChI is InChI=1S/C16H18FNO2/c1-3-7-19-13-8-12(18)9-14(10-13)20-15-6-4-5-11(2)16(15)17/h4-6,8-10H,3,7,18H2,1-2H3. The molecule has 0 aromatic heterocycles. The topological polar surface area (TPSA) is 44.5 Å². The smallest absolute Gasteiger partial charge is 0.168 e. The van der Waals surface area contributed by atoms with Crippen LogP contribution in [0.25, 0.3) is 0 Å².